The van der Waals surface area contributed by atoms with Crippen LogP contribution in [0, 0.1) is 0 Å². The monoisotopic (exact) mass is 295 g/mol. The summed E-state index contributed by atoms with van der Waals surface area (Å²) in [6.07, 6.45) is 1.54. The van der Waals surface area contributed by atoms with Gasteiger partial charge in [-0.15, -0.1) is 10.2 Å². The van der Waals surface area contributed by atoms with Gasteiger partial charge in [-0.1, -0.05) is 41.7 Å². The lowest BCUT2D eigenvalue weighted by Gasteiger charge is -2.00. The molecule has 0 unspecified atom stereocenters. The van der Waals surface area contributed by atoms with Crippen molar-refractivity contribution in [3.63, 3.8) is 0 Å². The Morgan fingerprint density at radius 1 is 1.05 bits per heavy atom. The standard InChI is InChI=1S/C15H9N3O2S/c19-13-9-12(10-5-2-1-3-6-10)21-15-17-16-14(18(13)15)11-7-4-8-20-11/h1-9H. The van der Waals surface area contributed by atoms with Gasteiger partial charge in [-0.25, -0.2) is 4.40 Å². The molecule has 0 N–H and O–H groups in total. The minimum atomic E-state index is -0.168. The summed E-state index contributed by atoms with van der Waals surface area (Å²) in [5, 5.41) is 8.16. The van der Waals surface area contributed by atoms with E-state index in [4.69, 9.17) is 4.42 Å². The molecular weight excluding hydrogens is 286 g/mol. The number of aromatic nitrogens is 3. The molecule has 4 rings (SSSR count). The van der Waals surface area contributed by atoms with Crippen LogP contribution in [0.5, 0.6) is 0 Å². The smallest absolute Gasteiger partial charge is 0.260 e. The third kappa shape index (κ3) is 1.96. The van der Waals surface area contributed by atoms with E-state index in [-0.39, 0.29) is 5.56 Å². The molecule has 1 aromatic carbocycles. The SMILES string of the molecule is O=c1cc(-c2ccccc2)sc2nnc(-c3ccco3)n12. The lowest BCUT2D eigenvalue weighted by molar-refractivity contribution is 0.576. The van der Waals surface area contributed by atoms with E-state index < -0.39 is 0 Å². The molecule has 3 aromatic heterocycles. The largest absolute Gasteiger partial charge is 0.461 e. The van der Waals surface area contributed by atoms with Crippen molar-refractivity contribution < 1.29 is 4.42 Å². The number of furan rings is 1. The molecule has 0 spiro atoms. The summed E-state index contributed by atoms with van der Waals surface area (Å²) in [4.78, 5) is 13.8. The summed E-state index contributed by atoms with van der Waals surface area (Å²) in [7, 11) is 0. The number of rotatable bonds is 2. The lowest BCUT2D eigenvalue weighted by Crippen LogP contribution is -2.11. The molecule has 0 atom stereocenters. The second kappa shape index (κ2) is 4.68. The first-order valence-corrected chi connectivity index (χ1v) is 7.13. The van der Waals surface area contributed by atoms with E-state index in [0.29, 0.717) is 16.5 Å². The van der Waals surface area contributed by atoms with Gasteiger partial charge < -0.3 is 4.42 Å². The first-order chi connectivity index (χ1) is 10.3. The van der Waals surface area contributed by atoms with Crippen LogP contribution in [0.3, 0.4) is 0 Å². The average Bonchev–Trinajstić information content (AvgIpc) is 3.17. The molecule has 0 aliphatic carbocycles. The van der Waals surface area contributed by atoms with E-state index in [1.807, 2.05) is 30.3 Å². The number of hydrogen-bond acceptors (Lipinski definition) is 5. The Balaban J connectivity index is 1.96. The van der Waals surface area contributed by atoms with Gasteiger partial charge >= 0.3 is 0 Å². The predicted octanol–water partition coefficient (Wildman–Crippen LogP) is 3.08. The van der Waals surface area contributed by atoms with Crippen LogP contribution < -0.4 is 5.56 Å². The van der Waals surface area contributed by atoms with Crippen molar-refractivity contribution in [3.05, 3.63) is 65.1 Å². The topological polar surface area (TPSA) is 60.4 Å². The maximum absolute atomic E-state index is 12.4. The summed E-state index contributed by atoms with van der Waals surface area (Å²) >= 11 is 1.42. The quantitative estimate of drug-likeness (QED) is 0.570. The Morgan fingerprint density at radius 2 is 1.90 bits per heavy atom. The van der Waals surface area contributed by atoms with E-state index in [2.05, 4.69) is 10.2 Å². The summed E-state index contributed by atoms with van der Waals surface area (Å²) in [6, 6.07) is 14.9. The van der Waals surface area contributed by atoms with Crippen molar-refractivity contribution in [3.8, 4) is 22.0 Å². The molecule has 0 aliphatic heterocycles. The fraction of sp³-hybridized carbons (Fsp3) is 0. The van der Waals surface area contributed by atoms with E-state index in [1.165, 1.54) is 15.7 Å². The van der Waals surface area contributed by atoms with E-state index in [9.17, 15) is 4.79 Å². The lowest BCUT2D eigenvalue weighted by atomic mass is 10.2. The van der Waals surface area contributed by atoms with Crippen molar-refractivity contribution in [1.82, 2.24) is 14.6 Å². The number of hydrogen-bond donors (Lipinski definition) is 0. The second-order valence-electron chi connectivity index (χ2n) is 4.43. The van der Waals surface area contributed by atoms with Gasteiger partial charge in [0.1, 0.15) is 0 Å². The molecule has 0 saturated carbocycles. The zero-order valence-electron chi connectivity index (χ0n) is 10.8. The second-order valence-corrected chi connectivity index (χ2v) is 5.44. The first-order valence-electron chi connectivity index (χ1n) is 6.31. The normalized spacial score (nSPS) is 11.0. The zero-order valence-corrected chi connectivity index (χ0v) is 11.6. The average molecular weight is 295 g/mol. The Bertz CT molecular complexity index is 956. The fourth-order valence-corrected chi connectivity index (χ4v) is 3.11. The molecule has 102 valence electrons. The van der Waals surface area contributed by atoms with Crippen LogP contribution in [0.15, 0.2) is 64.0 Å². The Kier molecular flexibility index (Phi) is 2.68. The van der Waals surface area contributed by atoms with Crippen LogP contribution in [0.2, 0.25) is 0 Å². The van der Waals surface area contributed by atoms with Gasteiger partial charge in [0.05, 0.1) is 6.26 Å². The number of nitrogens with zero attached hydrogens (tertiary/aromatic N) is 3. The molecule has 6 heteroatoms. The van der Waals surface area contributed by atoms with Gasteiger partial charge in [0.15, 0.2) is 5.76 Å². The highest BCUT2D eigenvalue weighted by molar-refractivity contribution is 7.19. The number of benzene rings is 1. The summed E-state index contributed by atoms with van der Waals surface area (Å²) in [5.41, 5.74) is 0.823. The Labute approximate surface area is 123 Å². The predicted molar refractivity (Wildman–Crippen MR) is 80.3 cm³/mol. The van der Waals surface area contributed by atoms with Crippen LogP contribution in [-0.4, -0.2) is 14.6 Å². The van der Waals surface area contributed by atoms with Gasteiger partial charge in [-0.2, -0.15) is 0 Å². The maximum atomic E-state index is 12.4. The van der Waals surface area contributed by atoms with Gasteiger partial charge in [-0.3, -0.25) is 4.79 Å². The third-order valence-electron chi connectivity index (χ3n) is 3.11. The molecule has 3 heterocycles. The summed E-state index contributed by atoms with van der Waals surface area (Å²) in [6.45, 7) is 0. The van der Waals surface area contributed by atoms with Gasteiger partial charge in [-0.05, 0) is 17.7 Å². The fourth-order valence-electron chi connectivity index (χ4n) is 2.15. The van der Waals surface area contributed by atoms with Crippen LogP contribution in [-0.2, 0) is 0 Å². The minimum absolute atomic E-state index is 0.168. The van der Waals surface area contributed by atoms with Crippen LogP contribution in [0.1, 0.15) is 0 Å². The molecule has 0 aliphatic rings. The molecule has 4 aromatic rings. The zero-order chi connectivity index (χ0) is 14.2. The third-order valence-corrected chi connectivity index (χ3v) is 4.13. The van der Waals surface area contributed by atoms with E-state index in [1.54, 1.807) is 24.5 Å². The van der Waals surface area contributed by atoms with Crippen molar-refractivity contribution in [2.75, 3.05) is 0 Å². The van der Waals surface area contributed by atoms with E-state index >= 15 is 0 Å². The van der Waals surface area contributed by atoms with Gasteiger partial charge in [0, 0.05) is 10.9 Å². The van der Waals surface area contributed by atoms with Gasteiger partial charge in [0.25, 0.3) is 5.56 Å². The highest BCUT2D eigenvalue weighted by Crippen LogP contribution is 2.26. The molecule has 0 bridgehead atoms. The minimum Gasteiger partial charge on any atom is -0.461 e. The molecule has 0 radical (unpaired) electrons. The van der Waals surface area contributed by atoms with Crippen LogP contribution >= 0.6 is 11.3 Å². The van der Waals surface area contributed by atoms with Crippen molar-refractivity contribution >= 4 is 16.3 Å². The Hall–Kier alpha value is -2.73. The van der Waals surface area contributed by atoms with Crippen LogP contribution in [0.25, 0.3) is 27.0 Å². The molecule has 0 amide bonds. The van der Waals surface area contributed by atoms with E-state index in [0.717, 1.165) is 10.4 Å². The Morgan fingerprint density at radius 3 is 2.67 bits per heavy atom. The molecule has 21 heavy (non-hydrogen) atoms. The highest BCUT2D eigenvalue weighted by atomic mass is 32.1. The molecule has 5 nitrogen and oxygen atoms in total. The maximum Gasteiger partial charge on any atom is 0.260 e. The van der Waals surface area contributed by atoms with Crippen LogP contribution in [0.4, 0.5) is 0 Å². The first kappa shape index (κ1) is 12.0. The van der Waals surface area contributed by atoms with Crippen molar-refractivity contribution in [2.45, 2.75) is 0 Å². The van der Waals surface area contributed by atoms with Crippen molar-refractivity contribution in [1.29, 1.82) is 0 Å². The number of fused-ring (bicyclic) bond motifs is 1. The molecular formula is C15H9N3O2S. The highest BCUT2D eigenvalue weighted by Gasteiger charge is 2.14. The van der Waals surface area contributed by atoms with Gasteiger partial charge in [0.2, 0.25) is 10.8 Å². The molecule has 0 fully saturated rings. The van der Waals surface area contributed by atoms with Crippen molar-refractivity contribution in [2.24, 2.45) is 0 Å². The summed E-state index contributed by atoms with van der Waals surface area (Å²) in [5.74, 6) is 0.954. The molecule has 0 saturated heterocycles. The summed E-state index contributed by atoms with van der Waals surface area (Å²) < 4.78 is 6.77.